The Morgan fingerprint density at radius 1 is 1.24 bits per heavy atom. The van der Waals surface area contributed by atoms with E-state index in [-0.39, 0.29) is 23.5 Å². The molecule has 1 aromatic rings. The van der Waals surface area contributed by atoms with Crippen molar-refractivity contribution in [2.75, 3.05) is 40.3 Å². The van der Waals surface area contributed by atoms with Gasteiger partial charge in [0.05, 0.1) is 19.7 Å². The monoisotopic (exact) mass is 345 g/mol. The Morgan fingerprint density at radius 2 is 2.00 bits per heavy atom. The van der Waals surface area contributed by atoms with Crippen LogP contribution in [0.4, 0.5) is 0 Å². The van der Waals surface area contributed by atoms with E-state index in [2.05, 4.69) is 5.32 Å². The molecule has 7 nitrogen and oxygen atoms in total. The molecule has 3 heterocycles. The number of nitrogens with one attached hydrogen (secondary N) is 1. The predicted octanol–water partition coefficient (Wildman–Crippen LogP) is -0.352. The molecule has 0 radical (unpaired) electrons. The van der Waals surface area contributed by atoms with E-state index in [4.69, 9.17) is 9.47 Å². The summed E-state index contributed by atoms with van der Waals surface area (Å²) in [5.74, 6) is 0.779. The molecule has 2 fully saturated rings. The maximum atomic E-state index is 12.7. The molecule has 1 spiro atoms. The first kappa shape index (κ1) is 16.4. The number of ether oxygens (including phenoxy) is 2. The number of carbonyl (C=O) groups excluding carboxylic acids is 2. The van der Waals surface area contributed by atoms with Gasteiger partial charge in [0.25, 0.3) is 5.91 Å². The van der Waals surface area contributed by atoms with Crippen LogP contribution >= 0.6 is 0 Å². The van der Waals surface area contributed by atoms with Crippen molar-refractivity contribution in [2.24, 2.45) is 0 Å². The molecule has 0 unspecified atom stereocenters. The summed E-state index contributed by atoms with van der Waals surface area (Å²) < 4.78 is 11.8. The number of likely N-dealkylation sites (tertiary alicyclic amines) is 1. The first-order chi connectivity index (χ1) is 12.0. The quantitative estimate of drug-likeness (QED) is 0.793. The molecule has 0 saturated carbocycles. The Balaban J connectivity index is 1.34. The summed E-state index contributed by atoms with van der Waals surface area (Å²) in [6.45, 7) is 2.09. The van der Waals surface area contributed by atoms with Crippen LogP contribution in [0.3, 0.4) is 0 Å². The second kappa shape index (κ2) is 6.00. The Labute approximate surface area is 146 Å². The number of hydrogen-bond donors (Lipinski definition) is 1. The van der Waals surface area contributed by atoms with Gasteiger partial charge >= 0.3 is 0 Å². The van der Waals surface area contributed by atoms with E-state index < -0.39 is 6.10 Å². The fourth-order valence-corrected chi connectivity index (χ4v) is 3.96. The molecule has 7 heteroatoms. The SMILES string of the molecule is CNC(=O)[C@H]1COC2(CN(C(=O)[C@H]3Cc4ccccc4O3)C2)CN1C. The molecule has 2 amide bonds. The molecule has 1 aromatic carbocycles. The highest BCUT2D eigenvalue weighted by Gasteiger charge is 2.52. The van der Waals surface area contributed by atoms with Crippen molar-refractivity contribution in [3.05, 3.63) is 29.8 Å². The van der Waals surface area contributed by atoms with Gasteiger partial charge in [0.1, 0.15) is 17.4 Å². The van der Waals surface area contributed by atoms with E-state index >= 15 is 0 Å². The summed E-state index contributed by atoms with van der Waals surface area (Å²) in [5.41, 5.74) is 0.721. The second-order valence-corrected chi connectivity index (χ2v) is 7.15. The van der Waals surface area contributed by atoms with Gasteiger partial charge in [-0.1, -0.05) is 18.2 Å². The lowest BCUT2D eigenvalue weighted by Crippen LogP contribution is -2.74. The van der Waals surface area contributed by atoms with E-state index in [1.165, 1.54) is 0 Å². The van der Waals surface area contributed by atoms with Crippen LogP contribution in [0.2, 0.25) is 0 Å². The fraction of sp³-hybridized carbons (Fsp3) is 0.556. The van der Waals surface area contributed by atoms with Crippen molar-refractivity contribution in [1.29, 1.82) is 0 Å². The molecule has 0 bridgehead atoms. The third-order valence-electron chi connectivity index (χ3n) is 5.36. The number of likely N-dealkylation sites (N-methyl/N-ethyl adjacent to an activating group) is 2. The Kier molecular flexibility index (Phi) is 3.92. The van der Waals surface area contributed by atoms with Gasteiger partial charge in [0, 0.05) is 20.0 Å². The highest BCUT2D eigenvalue weighted by molar-refractivity contribution is 5.84. The van der Waals surface area contributed by atoms with Gasteiger partial charge < -0.3 is 19.7 Å². The number of rotatable bonds is 2. The molecule has 3 aliphatic rings. The van der Waals surface area contributed by atoms with Crippen molar-refractivity contribution in [1.82, 2.24) is 15.1 Å². The number of morpholine rings is 1. The first-order valence-electron chi connectivity index (χ1n) is 8.60. The molecule has 0 aromatic heterocycles. The summed E-state index contributed by atoms with van der Waals surface area (Å²) in [6, 6.07) is 7.51. The van der Waals surface area contributed by atoms with Crippen LogP contribution in [-0.4, -0.2) is 79.7 Å². The highest BCUT2D eigenvalue weighted by atomic mass is 16.5. The largest absolute Gasteiger partial charge is 0.480 e. The van der Waals surface area contributed by atoms with Crippen molar-refractivity contribution >= 4 is 11.8 Å². The van der Waals surface area contributed by atoms with E-state index in [0.29, 0.717) is 32.7 Å². The number of fused-ring (bicyclic) bond motifs is 1. The predicted molar refractivity (Wildman–Crippen MR) is 90.3 cm³/mol. The number of amides is 2. The summed E-state index contributed by atoms with van der Waals surface area (Å²) in [5, 5.41) is 2.66. The molecule has 0 aliphatic carbocycles. The van der Waals surface area contributed by atoms with Gasteiger partial charge in [-0.2, -0.15) is 0 Å². The average molecular weight is 345 g/mol. The lowest BCUT2D eigenvalue weighted by atomic mass is 9.90. The van der Waals surface area contributed by atoms with Gasteiger partial charge in [-0.3, -0.25) is 14.5 Å². The second-order valence-electron chi connectivity index (χ2n) is 7.15. The van der Waals surface area contributed by atoms with Gasteiger partial charge in [0.15, 0.2) is 6.10 Å². The Morgan fingerprint density at radius 3 is 2.68 bits per heavy atom. The third kappa shape index (κ3) is 2.77. The number of benzene rings is 1. The van der Waals surface area contributed by atoms with E-state index in [0.717, 1.165) is 11.3 Å². The molecule has 2 atom stereocenters. The van der Waals surface area contributed by atoms with Crippen molar-refractivity contribution in [3.63, 3.8) is 0 Å². The number of nitrogens with zero attached hydrogens (tertiary/aromatic N) is 2. The minimum Gasteiger partial charge on any atom is -0.480 e. The van der Waals surface area contributed by atoms with Gasteiger partial charge in [0.2, 0.25) is 5.91 Å². The van der Waals surface area contributed by atoms with Crippen LogP contribution in [0.15, 0.2) is 24.3 Å². The van der Waals surface area contributed by atoms with Crippen LogP contribution in [0.25, 0.3) is 0 Å². The maximum Gasteiger partial charge on any atom is 0.264 e. The molecule has 25 heavy (non-hydrogen) atoms. The molecule has 3 aliphatic heterocycles. The van der Waals surface area contributed by atoms with Crippen molar-refractivity contribution in [2.45, 2.75) is 24.2 Å². The third-order valence-corrected chi connectivity index (χ3v) is 5.36. The zero-order valence-electron chi connectivity index (χ0n) is 14.5. The summed E-state index contributed by atoms with van der Waals surface area (Å²) in [6.07, 6.45) is 0.188. The van der Waals surface area contributed by atoms with Gasteiger partial charge in [-0.25, -0.2) is 0 Å². The van der Waals surface area contributed by atoms with Crippen LogP contribution in [0, 0.1) is 0 Å². The van der Waals surface area contributed by atoms with Crippen LogP contribution in [0.1, 0.15) is 5.56 Å². The number of carbonyl (C=O) groups is 2. The lowest BCUT2D eigenvalue weighted by molar-refractivity contribution is -0.203. The molecule has 134 valence electrons. The van der Waals surface area contributed by atoms with Crippen LogP contribution < -0.4 is 10.1 Å². The molecular formula is C18H23N3O4. The van der Waals surface area contributed by atoms with Crippen molar-refractivity contribution in [3.8, 4) is 5.75 Å². The average Bonchev–Trinajstić information content (AvgIpc) is 3.02. The lowest BCUT2D eigenvalue weighted by Gasteiger charge is -2.55. The molecule has 1 N–H and O–H groups in total. The Bertz CT molecular complexity index is 676. The van der Waals surface area contributed by atoms with E-state index in [9.17, 15) is 9.59 Å². The van der Waals surface area contributed by atoms with E-state index in [1.807, 2.05) is 36.2 Å². The topological polar surface area (TPSA) is 71.1 Å². The van der Waals surface area contributed by atoms with E-state index in [1.54, 1.807) is 11.9 Å². The molecular weight excluding hydrogens is 322 g/mol. The highest BCUT2D eigenvalue weighted by Crippen LogP contribution is 2.34. The number of hydrogen-bond acceptors (Lipinski definition) is 5. The normalized spacial score (nSPS) is 27.4. The summed E-state index contributed by atoms with van der Waals surface area (Å²) in [7, 11) is 3.55. The zero-order chi connectivity index (χ0) is 17.6. The summed E-state index contributed by atoms with van der Waals surface area (Å²) >= 11 is 0. The van der Waals surface area contributed by atoms with Crippen molar-refractivity contribution < 1.29 is 19.1 Å². The smallest absolute Gasteiger partial charge is 0.264 e. The maximum absolute atomic E-state index is 12.7. The first-order valence-corrected chi connectivity index (χ1v) is 8.60. The summed E-state index contributed by atoms with van der Waals surface area (Å²) in [4.78, 5) is 28.3. The molecule has 2 saturated heterocycles. The minimum absolute atomic E-state index is 0.0153. The standard InChI is InChI=1S/C18H23N3O4/c1-19-16(22)13-8-24-18(9-20(13)2)10-21(11-18)17(23)15-7-12-5-3-4-6-14(12)25-15/h3-6,13,15H,7-11H2,1-2H3,(H,19,22)/t13-,15-/m1/s1. The molecule has 4 rings (SSSR count). The van der Waals surface area contributed by atoms with Gasteiger partial charge in [-0.05, 0) is 18.7 Å². The van der Waals surface area contributed by atoms with Crippen LogP contribution in [-0.2, 0) is 20.7 Å². The Hall–Kier alpha value is -2.12. The fourth-order valence-electron chi connectivity index (χ4n) is 3.96. The zero-order valence-corrected chi connectivity index (χ0v) is 14.5. The van der Waals surface area contributed by atoms with Gasteiger partial charge in [-0.15, -0.1) is 0 Å². The van der Waals surface area contributed by atoms with Crippen LogP contribution in [0.5, 0.6) is 5.75 Å². The minimum atomic E-state index is -0.435. The number of para-hydroxylation sites is 1.